The van der Waals surface area contributed by atoms with Gasteiger partial charge in [-0.2, -0.15) is 0 Å². The molecule has 2 bridgehead atoms. The van der Waals surface area contributed by atoms with E-state index < -0.39 is 0 Å². The average molecular weight is 151 g/mol. The van der Waals surface area contributed by atoms with E-state index in [1.54, 1.807) is 0 Å². The van der Waals surface area contributed by atoms with Crippen molar-refractivity contribution in [3.8, 4) is 0 Å². The molecule has 0 amide bonds. The molecule has 2 rings (SSSR count). The van der Waals surface area contributed by atoms with Gasteiger partial charge in [0.2, 0.25) is 0 Å². The highest BCUT2D eigenvalue weighted by atomic mass is 16.5. The predicted molar refractivity (Wildman–Crippen MR) is 44.6 cm³/mol. The van der Waals surface area contributed by atoms with Crippen molar-refractivity contribution in [2.75, 3.05) is 6.54 Å². The normalized spacial score (nSPS) is 55.3. The van der Waals surface area contributed by atoms with Gasteiger partial charge in [-0.3, -0.25) is 0 Å². The van der Waals surface area contributed by atoms with Gasteiger partial charge in [0.05, 0.1) is 5.60 Å². The summed E-state index contributed by atoms with van der Waals surface area (Å²) >= 11 is 0. The summed E-state index contributed by atoms with van der Waals surface area (Å²) in [5, 5.41) is 3.40. The first-order valence-electron chi connectivity index (χ1n) is 4.36. The Balaban J connectivity index is 2.24. The van der Waals surface area contributed by atoms with Gasteiger partial charge in [0.1, 0.15) is 7.85 Å². The molecule has 2 radical (unpaired) electrons. The SMILES string of the molecule is [B][C@@H]1O[C@@]2(CC)CN[C@@H]1[C@@H]2C. The molecule has 0 aromatic rings. The minimum Gasteiger partial charge on any atom is -0.378 e. The summed E-state index contributed by atoms with van der Waals surface area (Å²) < 4.78 is 5.72. The zero-order chi connectivity index (χ0) is 8.06. The topological polar surface area (TPSA) is 21.3 Å². The number of nitrogens with one attached hydrogen (secondary N) is 1. The van der Waals surface area contributed by atoms with Crippen LogP contribution in [0.5, 0.6) is 0 Å². The van der Waals surface area contributed by atoms with Crippen molar-refractivity contribution in [1.29, 1.82) is 0 Å². The van der Waals surface area contributed by atoms with Gasteiger partial charge in [-0.25, -0.2) is 0 Å². The summed E-state index contributed by atoms with van der Waals surface area (Å²) in [5.41, 5.74) is 0.0457. The second-order valence-corrected chi connectivity index (χ2v) is 3.70. The second-order valence-electron chi connectivity index (χ2n) is 3.70. The first kappa shape index (κ1) is 7.62. The molecule has 60 valence electrons. The summed E-state index contributed by atoms with van der Waals surface area (Å²) in [7, 11) is 5.79. The summed E-state index contributed by atoms with van der Waals surface area (Å²) in [6, 6.07) is 0.300. The zero-order valence-electron chi connectivity index (χ0n) is 7.13. The number of morpholine rings is 1. The second kappa shape index (κ2) is 2.24. The van der Waals surface area contributed by atoms with Crippen molar-refractivity contribution < 1.29 is 4.74 Å². The minimum absolute atomic E-state index is 0.0457. The Morgan fingerprint density at radius 1 is 1.73 bits per heavy atom. The van der Waals surface area contributed by atoms with E-state index in [1.165, 1.54) is 0 Å². The fraction of sp³-hybridized carbons (Fsp3) is 1.00. The van der Waals surface area contributed by atoms with Crippen LogP contribution in [-0.4, -0.2) is 32.0 Å². The molecule has 0 saturated carbocycles. The van der Waals surface area contributed by atoms with Gasteiger partial charge in [-0.05, 0) is 6.42 Å². The molecule has 0 aromatic heterocycles. The summed E-state index contributed by atoms with van der Waals surface area (Å²) in [5.74, 6) is 0.572. The maximum atomic E-state index is 5.79. The van der Waals surface area contributed by atoms with E-state index in [-0.39, 0.29) is 11.6 Å². The van der Waals surface area contributed by atoms with E-state index in [1.807, 2.05) is 0 Å². The van der Waals surface area contributed by atoms with Crippen LogP contribution in [0.2, 0.25) is 0 Å². The monoisotopic (exact) mass is 151 g/mol. The number of fused-ring (bicyclic) bond motifs is 2. The predicted octanol–water partition coefficient (Wildman–Crippen LogP) is 0.268. The summed E-state index contributed by atoms with van der Waals surface area (Å²) in [6.45, 7) is 5.36. The lowest BCUT2D eigenvalue weighted by Crippen LogP contribution is -2.44. The first-order chi connectivity index (χ1) is 5.19. The molecule has 2 aliphatic heterocycles. The van der Waals surface area contributed by atoms with Gasteiger partial charge < -0.3 is 10.1 Å². The minimum atomic E-state index is -0.0845. The fourth-order valence-electron chi connectivity index (χ4n) is 2.38. The largest absolute Gasteiger partial charge is 0.378 e. The van der Waals surface area contributed by atoms with Crippen molar-refractivity contribution >= 4 is 7.85 Å². The molecule has 11 heavy (non-hydrogen) atoms. The maximum Gasteiger partial charge on any atom is 0.111 e. The molecule has 0 aromatic carbocycles. The highest BCUT2D eigenvalue weighted by molar-refractivity contribution is 6.11. The highest BCUT2D eigenvalue weighted by Crippen LogP contribution is 2.41. The van der Waals surface area contributed by atoms with E-state index in [4.69, 9.17) is 12.6 Å². The van der Waals surface area contributed by atoms with Crippen molar-refractivity contribution in [2.45, 2.75) is 37.9 Å². The van der Waals surface area contributed by atoms with Gasteiger partial charge in [0.15, 0.2) is 0 Å². The fourth-order valence-corrected chi connectivity index (χ4v) is 2.38. The molecule has 4 atom stereocenters. The third-order valence-electron chi connectivity index (χ3n) is 3.33. The molecular formula is C8H14BNO. The molecule has 3 heteroatoms. The van der Waals surface area contributed by atoms with Crippen LogP contribution in [0.15, 0.2) is 0 Å². The van der Waals surface area contributed by atoms with Gasteiger partial charge in [0, 0.05) is 24.5 Å². The summed E-state index contributed by atoms with van der Waals surface area (Å²) in [6.07, 6.45) is 1.06. The van der Waals surface area contributed by atoms with Crippen LogP contribution in [0.4, 0.5) is 0 Å². The van der Waals surface area contributed by atoms with Crippen molar-refractivity contribution in [2.24, 2.45) is 5.92 Å². The van der Waals surface area contributed by atoms with Gasteiger partial charge in [-0.1, -0.05) is 13.8 Å². The van der Waals surface area contributed by atoms with Gasteiger partial charge >= 0.3 is 0 Å². The molecule has 2 nitrogen and oxygen atoms in total. The highest BCUT2D eigenvalue weighted by Gasteiger charge is 2.54. The Morgan fingerprint density at radius 3 is 2.73 bits per heavy atom. The lowest BCUT2D eigenvalue weighted by atomic mass is 9.84. The smallest absolute Gasteiger partial charge is 0.111 e. The number of ether oxygens (including phenoxy) is 1. The summed E-state index contributed by atoms with van der Waals surface area (Å²) in [4.78, 5) is 0. The molecule has 0 spiro atoms. The Hall–Kier alpha value is -0.0151. The molecular weight excluding hydrogens is 137 g/mol. The molecule has 0 unspecified atom stereocenters. The number of rotatable bonds is 1. The molecule has 1 N–H and O–H groups in total. The Bertz CT molecular complexity index is 175. The van der Waals surface area contributed by atoms with E-state index in [0.717, 1.165) is 13.0 Å². The Morgan fingerprint density at radius 2 is 2.45 bits per heavy atom. The molecule has 2 saturated heterocycles. The third-order valence-corrected chi connectivity index (χ3v) is 3.33. The van der Waals surface area contributed by atoms with Crippen LogP contribution in [0, 0.1) is 5.92 Å². The van der Waals surface area contributed by atoms with Crippen LogP contribution in [0.25, 0.3) is 0 Å². The zero-order valence-corrected chi connectivity index (χ0v) is 7.13. The van der Waals surface area contributed by atoms with Crippen molar-refractivity contribution in [3.63, 3.8) is 0 Å². The van der Waals surface area contributed by atoms with Crippen LogP contribution in [0.3, 0.4) is 0 Å². The number of hydrogen-bond acceptors (Lipinski definition) is 2. The quantitative estimate of drug-likeness (QED) is 0.543. The third kappa shape index (κ3) is 0.813. The van der Waals surface area contributed by atoms with Crippen molar-refractivity contribution in [1.82, 2.24) is 5.32 Å². The Kier molecular flexibility index (Phi) is 1.55. The van der Waals surface area contributed by atoms with Gasteiger partial charge in [0.25, 0.3) is 0 Å². The van der Waals surface area contributed by atoms with Crippen LogP contribution < -0.4 is 5.32 Å². The molecule has 2 heterocycles. The standard InChI is InChI=1S/C8H14BNO/c1-3-8-4-10-6(5(8)2)7(9)11-8/h5-7,10H,3-4H2,1-2H3/t5-,6+,7+,8-/m0/s1. The Labute approximate surface area is 69.1 Å². The molecule has 0 aliphatic carbocycles. The van der Waals surface area contributed by atoms with Crippen LogP contribution in [0.1, 0.15) is 20.3 Å². The van der Waals surface area contributed by atoms with Crippen LogP contribution >= 0.6 is 0 Å². The lowest BCUT2D eigenvalue weighted by molar-refractivity contribution is -0.0388. The van der Waals surface area contributed by atoms with E-state index in [0.29, 0.717) is 12.0 Å². The average Bonchev–Trinajstić information content (AvgIpc) is 2.42. The van der Waals surface area contributed by atoms with E-state index in [2.05, 4.69) is 19.2 Å². The van der Waals surface area contributed by atoms with E-state index >= 15 is 0 Å². The molecule has 2 fully saturated rings. The van der Waals surface area contributed by atoms with E-state index in [9.17, 15) is 0 Å². The van der Waals surface area contributed by atoms with Crippen molar-refractivity contribution in [3.05, 3.63) is 0 Å². The molecule has 2 aliphatic rings. The maximum absolute atomic E-state index is 5.79. The number of hydrogen-bond donors (Lipinski definition) is 1. The first-order valence-corrected chi connectivity index (χ1v) is 4.36. The van der Waals surface area contributed by atoms with Gasteiger partial charge in [-0.15, -0.1) is 0 Å². The van der Waals surface area contributed by atoms with Crippen LogP contribution in [-0.2, 0) is 4.74 Å². The lowest BCUT2D eigenvalue weighted by Gasteiger charge is -2.30.